The Morgan fingerprint density at radius 2 is 0.698 bits per heavy atom. The average molecular weight is 695 g/mol. The Balaban J connectivity index is 0.907. The number of rotatable bonds is 16. The predicted octanol–water partition coefficient (Wildman–Crippen LogP) is 13.6. The highest BCUT2D eigenvalue weighted by Crippen LogP contribution is 2.38. The van der Waals surface area contributed by atoms with Gasteiger partial charge in [0.1, 0.15) is 11.5 Å². The van der Waals surface area contributed by atoms with E-state index in [0.29, 0.717) is 13.2 Å². The molecule has 0 aliphatic carbocycles. The Morgan fingerprint density at radius 3 is 1.11 bits per heavy atom. The van der Waals surface area contributed by atoms with E-state index in [0.717, 1.165) is 71.3 Å². The number of benzene rings is 7. The van der Waals surface area contributed by atoms with E-state index >= 15 is 0 Å². The van der Waals surface area contributed by atoms with Gasteiger partial charge < -0.3 is 19.3 Å². The van der Waals surface area contributed by atoms with Crippen molar-refractivity contribution in [3.63, 3.8) is 0 Å². The molecule has 53 heavy (non-hydrogen) atoms. The van der Waals surface area contributed by atoms with Crippen molar-refractivity contribution in [2.45, 2.75) is 32.6 Å². The maximum absolute atomic E-state index is 6.28. The van der Waals surface area contributed by atoms with Crippen molar-refractivity contribution < 1.29 is 9.47 Å². The molecule has 0 aromatic heterocycles. The van der Waals surface area contributed by atoms with E-state index in [1.165, 1.54) is 16.7 Å². The molecule has 4 heteroatoms. The molecule has 0 heterocycles. The van der Waals surface area contributed by atoms with Gasteiger partial charge in [0.15, 0.2) is 0 Å². The second kappa shape index (κ2) is 17.8. The fourth-order valence-corrected chi connectivity index (χ4v) is 6.54. The van der Waals surface area contributed by atoms with E-state index in [-0.39, 0.29) is 0 Å². The average Bonchev–Trinajstić information content (AvgIpc) is 3.21. The first-order valence-electron chi connectivity index (χ1n) is 18.6. The monoisotopic (exact) mass is 694 g/mol. The van der Waals surface area contributed by atoms with E-state index in [9.17, 15) is 0 Å². The quantitative estimate of drug-likeness (QED) is 0.0940. The molecular weight excluding hydrogens is 649 g/mol. The molecule has 4 nitrogen and oxygen atoms in total. The molecule has 7 rings (SSSR count). The van der Waals surface area contributed by atoms with Gasteiger partial charge in [0.05, 0.1) is 13.2 Å². The third-order valence-corrected chi connectivity index (χ3v) is 9.28. The lowest BCUT2D eigenvalue weighted by Gasteiger charge is -2.26. The third kappa shape index (κ3) is 9.35. The fraction of sp³-hybridized carbons (Fsp3) is 0.143. The SMILES string of the molecule is Cc1ccc(-c2ccc(N(c3ccccc3)c3cccc(OCCCCCCOc4cccc(N(c5ccccc5)c5ccccc5)c4)c3)cc2)cc1. The number of ether oxygens (including phenoxy) is 2. The number of hydrogen-bond acceptors (Lipinski definition) is 4. The summed E-state index contributed by atoms with van der Waals surface area (Å²) in [4.78, 5) is 4.54. The van der Waals surface area contributed by atoms with Gasteiger partial charge in [-0.3, -0.25) is 0 Å². The molecule has 7 aromatic carbocycles. The molecule has 0 atom stereocenters. The summed E-state index contributed by atoms with van der Waals surface area (Å²) in [6, 6.07) is 65.6. The van der Waals surface area contributed by atoms with Crippen LogP contribution in [0.5, 0.6) is 11.5 Å². The zero-order valence-electron chi connectivity index (χ0n) is 30.4. The molecule has 0 bridgehead atoms. The summed E-state index contributed by atoms with van der Waals surface area (Å²) >= 11 is 0. The van der Waals surface area contributed by atoms with E-state index in [1.54, 1.807) is 0 Å². The maximum atomic E-state index is 6.28. The summed E-state index contributed by atoms with van der Waals surface area (Å²) in [6.07, 6.45) is 4.16. The predicted molar refractivity (Wildman–Crippen MR) is 222 cm³/mol. The highest BCUT2D eigenvalue weighted by atomic mass is 16.5. The van der Waals surface area contributed by atoms with Crippen LogP contribution in [0.15, 0.2) is 188 Å². The van der Waals surface area contributed by atoms with Gasteiger partial charge in [-0.05, 0) is 117 Å². The number of hydrogen-bond donors (Lipinski definition) is 0. The smallest absolute Gasteiger partial charge is 0.121 e. The van der Waals surface area contributed by atoms with E-state index < -0.39 is 0 Å². The Morgan fingerprint density at radius 1 is 0.340 bits per heavy atom. The highest BCUT2D eigenvalue weighted by Gasteiger charge is 2.14. The highest BCUT2D eigenvalue weighted by molar-refractivity contribution is 5.79. The van der Waals surface area contributed by atoms with Crippen LogP contribution in [0.25, 0.3) is 11.1 Å². The number of nitrogens with zero attached hydrogens (tertiary/aromatic N) is 2. The van der Waals surface area contributed by atoms with Crippen LogP contribution >= 0.6 is 0 Å². The van der Waals surface area contributed by atoms with Gasteiger partial charge >= 0.3 is 0 Å². The molecule has 0 aliphatic heterocycles. The molecule has 0 saturated carbocycles. The Kier molecular flexibility index (Phi) is 11.8. The second-order valence-electron chi connectivity index (χ2n) is 13.2. The Hall–Kier alpha value is -6.26. The standard InChI is InChI=1S/C49H46N2O2/c1-39-27-29-40(30-28-39)41-31-33-45(34-32-41)51(44-21-11-6-12-22-44)47-24-16-26-49(38-47)53-36-14-3-2-13-35-52-48-25-15-23-46(37-48)50(42-17-7-4-8-18-42)43-19-9-5-10-20-43/h4-12,15-34,37-38H,2-3,13-14,35-36H2,1H3. The summed E-state index contributed by atoms with van der Waals surface area (Å²) in [5.74, 6) is 1.76. The number of para-hydroxylation sites is 3. The number of unbranched alkanes of at least 4 members (excludes halogenated alkanes) is 3. The second-order valence-corrected chi connectivity index (χ2v) is 13.2. The van der Waals surface area contributed by atoms with Crippen LogP contribution in [0.4, 0.5) is 34.1 Å². The minimum absolute atomic E-state index is 0.678. The minimum atomic E-state index is 0.678. The topological polar surface area (TPSA) is 24.9 Å². The molecule has 0 aliphatic rings. The molecule has 0 amide bonds. The van der Waals surface area contributed by atoms with Crippen LogP contribution < -0.4 is 19.3 Å². The maximum Gasteiger partial charge on any atom is 0.121 e. The van der Waals surface area contributed by atoms with Crippen LogP contribution in [0.1, 0.15) is 31.2 Å². The zero-order valence-corrected chi connectivity index (χ0v) is 30.4. The summed E-state index contributed by atoms with van der Waals surface area (Å²) in [5.41, 5.74) is 10.3. The normalized spacial score (nSPS) is 10.8. The van der Waals surface area contributed by atoms with Crippen LogP contribution in [-0.2, 0) is 0 Å². The van der Waals surface area contributed by atoms with Gasteiger partial charge in [-0.2, -0.15) is 0 Å². The van der Waals surface area contributed by atoms with Crippen LogP contribution in [0.2, 0.25) is 0 Å². The Bertz CT molecular complexity index is 2100. The Labute approximate surface area is 314 Å². The minimum Gasteiger partial charge on any atom is -0.494 e. The molecule has 0 radical (unpaired) electrons. The van der Waals surface area contributed by atoms with Crippen molar-refractivity contribution in [1.82, 2.24) is 0 Å². The van der Waals surface area contributed by atoms with E-state index in [2.05, 4.69) is 181 Å². The fourth-order valence-electron chi connectivity index (χ4n) is 6.54. The van der Waals surface area contributed by atoms with Crippen molar-refractivity contribution in [2.24, 2.45) is 0 Å². The molecule has 7 aromatic rings. The van der Waals surface area contributed by atoms with Crippen LogP contribution in [-0.4, -0.2) is 13.2 Å². The number of anilines is 6. The lowest BCUT2D eigenvalue weighted by Crippen LogP contribution is -2.10. The first kappa shape index (κ1) is 35.2. The van der Waals surface area contributed by atoms with Crippen molar-refractivity contribution >= 4 is 34.1 Å². The van der Waals surface area contributed by atoms with Gasteiger partial charge in [0.25, 0.3) is 0 Å². The first-order valence-corrected chi connectivity index (χ1v) is 18.6. The van der Waals surface area contributed by atoms with Crippen molar-refractivity contribution in [3.8, 4) is 22.6 Å². The largest absolute Gasteiger partial charge is 0.494 e. The molecule has 0 saturated heterocycles. The summed E-state index contributed by atoms with van der Waals surface area (Å²) in [7, 11) is 0. The lowest BCUT2D eigenvalue weighted by molar-refractivity contribution is 0.287. The number of aryl methyl sites for hydroxylation is 1. The van der Waals surface area contributed by atoms with Crippen molar-refractivity contribution in [3.05, 3.63) is 194 Å². The van der Waals surface area contributed by atoms with Crippen molar-refractivity contribution in [1.29, 1.82) is 0 Å². The van der Waals surface area contributed by atoms with E-state index in [1.807, 2.05) is 24.3 Å². The van der Waals surface area contributed by atoms with Crippen LogP contribution in [0.3, 0.4) is 0 Å². The lowest BCUT2D eigenvalue weighted by atomic mass is 10.0. The summed E-state index contributed by atoms with van der Waals surface area (Å²) in [5, 5.41) is 0. The molecule has 0 unspecified atom stereocenters. The zero-order chi connectivity index (χ0) is 36.1. The van der Waals surface area contributed by atoms with Crippen LogP contribution in [0, 0.1) is 6.92 Å². The van der Waals surface area contributed by atoms with Gasteiger partial charge in [-0.15, -0.1) is 0 Å². The van der Waals surface area contributed by atoms with Gasteiger partial charge in [-0.25, -0.2) is 0 Å². The van der Waals surface area contributed by atoms with E-state index in [4.69, 9.17) is 9.47 Å². The molecule has 0 fully saturated rings. The van der Waals surface area contributed by atoms with Gasteiger partial charge in [-0.1, -0.05) is 109 Å². The molecular formula is C49H46N2O2. The first-order chi connectivity index (χ1) is 26.2. The summed E-state index contributed by atoms with van der Waals surface area (Å²) in [6.45, 7) is 3.48. The third-order valence-electron chi connectivity index (χ3n) is 9.28. The van der Waals surface area contributed by atoms with Gasteiger partial charge in [0.2, 0.25) is 0 Å². The van der Waals surface area contributed by atoms with Crippen molar-refractivity contribution in [2.75, 3.05) is 23.0 Å². The summed E-state index contributed by atoms with van der Waals surface area (Å²) < 4.78 is 12.5. The van der Waals surface area contributed by atoms with Gasteiger partial charge in [0, 0.05) is 46.3 Å². The molecule has 264 valence electrons. The molecule has 0 N–H and O–H groups in total. The molecule has 0 spiro atoms.